The van der Waals surface area contributed by atoms with E-state index >= 15 is 0 Å². The molecule has 0 saturated heterocycles. The Bertz CT molecular complexity index is 331. The van der Waals surface area contributed by atoms with Crippen LogP contribution in [0.25, 0.3) is 0 Å². The van der Waals surface area contributed by atoms with Crippen molar-refractivity contribution < 1.29 is 0 Å². The highest BCUT2D eigenvalue weighted by Gasteiger charge is 2.28. The first-order chi connectivity index (χ1) is 9.25. The van der Waals surface area contributed by atoms with E-state index in [9.17, 15) is 0 Å². The van der Waals surface area contributed by atoms with E-state index in [2.05, 4.69) is 40.9 Å². The molecular formula is C16H28N2S. The normalized spacial score (nSPS) is 15.6. The smallest absolute Gasteiger partial charge is 0.0245 e. The number of rotatable bonds is 10. The molecule has 19 heavy (non-hydrogen) atoms. The Labute approximate surface area is 122 Å². The first kappa shape index (κ1) is 15.0. The van der Waals surface area contributed by atoms with E-state index in [0.717, 1.165) is 25.0 Å². The van der Waals surface area contributed by atoms with Crippen molar-refractivity contribution in [2.75, 3.05) is 19.6 Å². The molecule has 1 fully saturated rings. The van der Waals surface area contributed by atoms with Crippen LogP contribution in [0.4, 0.5) is 0 Å². The predicted molar refractivity (Wildman–Crippen MR) is 84.7 cm³/mol. The fraction of sp³-hybridized carbons (Fsp3) is 0.750. The molecule has 0 amide bonds. The average molecular weight is 280 g/mol. The lowest BCUT2D eigenvalue weighted by Gasteiger charge is -2.21. The van der Waals surface area contributed by atoms with Crippen LogP contribution >= 0.6 is 11.3 Å². The van der Waals surface area contributed by atoms with Gasteiger partial charge in [-0.15, -0.1) is 0 Å². The van der Waals surface area contributed by atoms with E-state index in [-0.39, 0.29) is 0 Å². The molecule has 0 atom stereocenters. The zero-order valence-corrected chi connectivity index (χ0v) is 13.2. The van der Waals surface area contributed by atoms with Gasteiger partial charge in [0.2, 0.25) is 0 Å². The standard InChI is InChI=1S/C16H28N2S/c1-14(2)4-3-8-17-9-10-18(16-5-6-16)12-15-7-11-19-13-15/h7,11,13-14,16-17H,3-6,8-10,12H2,1-2H3. The SMILES string of the molecule is CC(C)CCCNCCN(Cc1ccsc1)C1CC1. The second-order valence-electron chi connectivity index (χ2n) is 6.12. The lowest BCUT2D eigenvalue weighted by atomic mass is 10.1. The molecule has 1 aromatic heterocycles. The summed E-state index contributed by atoms with van der Waals surface area (Å²) < 4.78 is 0. The highest BCUT2D eigenvalue weighted by atomic mass is 32.1. The van der Waals surface area contributed by atoms with Gasteiger partial charge in [0.25, 0.3) is 0 Å². The van der Waals surface area contributed by atoms with E-state index < -0.39 is 0 Å². The van der Waals surface area contributed by atoms with E-state index in [0.29, 0.717) is 0 Å². The van der Waals surface area contributed by atoms with Gasteiger partial charge >= 0.3 is 0 Å². The van der Waals surface area contributed by atoms with Crippen molar-refractivity contribution in [3.05, 3.63) is 22.4 Å². The number of hydrogen-bond donors (Lipinski definition) is 1. The van der Waals surface area contributed by atoms with Crippen molar-refractivity contribution in [3.63, 3.8) is 0 Å². The third kappa shape index (κ3) is 6.07. The third-order valence-electron chi connectivity index (χ3n) is 3.74. The molecule has 1 N–H and O–H groups in total. The molecule has 0 aliphatic heterocycles. The van der Waals surface area contributed by atoms with Gasteiger partial charge in [-0.05, 0) is 60.5 Å². The maximum absolute atomic E-state index is 3.59. The minimum Gasteiger partial charge on any atom is -0.315 e. The second kappa shape index (κ2) is 8.03. The van der Waals surface area contributed by atoms with Crippen LogP contribution in [-0.4, -0.2) is 30.6 Å². The molecular weight excluding hydrogens is 252 g/mol. The Morgan fingerprint density at radius 2 is 2.21 bits per heavy atom. The van der Waals surface area contributed by atoms with Crippen LogP contribution in [0.1, 0.15) is 45.1 Å². The van der Waals surface area contributed by atoms with Crippen molar-refractivity contribution >= 4 is 11.3 Å². The molecule has 0 radical (unpaired) electrons. The molecule has 0 aromatic carbocycles. The summed E-state index contributed by atoms with van der Waals surface area (Å²) in [5, 5.41) is 8.06. The molecule has 2 nitrogen and oxygen atoms in total. The van der Waals surface area contributed by atoms with Crippen LogP contribution in [0.15, 0.2) is 16.8 Å². The minimum absolute atomic E-state index is 0.836. The molecule has 1 aliphatic rings. The Morgan fingerprint density at radius 3 is 2.84 bits per heavy atom. The van der Waals surface area contributed by atoms with Gasteiger partial charge in [0, 0.05) is 25.7 Å². The Hall–Kier alpha value is -0.380. The third-order valence-corrected chi connectivity index (χ3v) is 4.47. The van der Waals surface area contributed by atoms with Crippen LogP contribution in [0.5, 0.6) is 0 Å². The predicted octanol–water partition coefficient (Wildman–Crippen LogP) is 3.74. The van der Waals surface area contributed by atoms with Gasteiger partial charge in [-0.2, -0.15) is 11.3 Å². The maximum atomic E-state index is 3.59. The lowest BCUT2D eigenvalue weighted by Crippen LogP contribution is -2.33. The van der Waals surface area contributed by atoms with E-state index in [4.69, 9.17) is 0 Å². The summed E-state index contributed by atoms with van der Waals surface area (Å²) in [6, 6.07) is 3.12. The first-order valence-corrected chi connectivity index (χ1v) is 8.66. The molecule has 1 heterocycles. The summed E-state index contributed by atoms with van der Waals surface area (Å²) in [6.45, 7) is 9.25. The van der Waals surface area contributed by atoms with Crippen molar-refractivity contribution in [2.24, 2.45) is 5.92 Å². The highest BCUT2D eigenvalue weighted by molar-refractivity contribution is 7.07. The van der Waals surface area contributed by atoms with Gasteiger partial charge in [0.1, 0.15) is 0 Å². The Balaban J connectivity index is 1.59. The fourth-order valence-corrected chi connectivity index (χ4v) is 3.09. The number of hydrogen-bond acceptors (Lipinski definition) is 3. The second-order valence-corrected chi connectivity index (χ2v) is 6.90. The van der Waals surface area contributed by atoms with Gasteiger partial charge in [-0.1, -0.05) is 13.8 Å². The molecule has 1 aliphatic carbocycles. The van der Waals surface area contributed by atoms with E-state index in [1.54, 1.807) is 0 Å². The van der Waals surface area contributed by atoms with Gasteiger partial charge in [0.15, 0.2) is 0 Å². The summed E-state index contributed by atoms with van der Waals surface area (Å²) in [6.07, 6.45) is 5.45. The van der Waals surface area contributed by atoms with Crippen molar-refractivity contribution in [1.29, 1.82) is 0 Å². The van der Waals surface area contributed by atoms with Crippen molar-refractivity contribution in [3.8, 4) is 0 Å². The number of nitrogens with zero attached hydrogens (tertiary/aromatic N) is 1. The minimum atomic E-state index is 0.836. The van der Waals surface area contributed by atoms with Crippen LogP contribution in [0, 0.1) is 5.92 Å². The monoisotopic (exact) mass is 280 g/mol. The molecule has 1 saturated carbocycles. The topological polar surface area (TPSA) is 15.3 Å². The van der Waals surface area contributed by atoms with Crippen molar-refractivity contribution in [2.45, 2.75) is 52.1 Å². The average Bonchev–Trinajstić information content (AvgIpc) is 3.10. The quantitative estimate of drug-likeness (QED) is 0.657. The van der Waals surface area contributed by atoms with Crippen molar-refractivity contribution in [1.82, 2.24) is 10.2 Å². The van der Waals surface area contributed by atoms with E-state index in [1.165, 1.54) is 44.3 Å². The van der Waals surface area contributed by atoms with Crippen LogP contribution in [0.2, 0.25) is 0 Å². The molecule has 108 valence electrons. The number of nitrogens with one attached hydrogen (secondary N) is 1. The summed E-state index contributed by atoms with van der Waals surface area (Å²) in [4.78, 5) is 2.65. The van der Waals surface area contributed by atoms with Gasteiger partial charge in [-0.3, -0.25) is 4.90 Å². The number of thiophene rings is 1. The largest absolute Gasteiger partial charge is 0.315 e. The summed E-state index contributed by atoms with van der Waals surface area (Å²) in [7, 11) is 0. The molecule has 0 unspecified atom stereocenters. The van der Waals surface area contributed by atoms with Crippen LogP contribution in [-0.2, 0) is 6.54 Å². The van der Waals surface area contributed by atoms with Gasteiger partial charge in [0.05, 0.1) is 0 Å². The maximum Gasteiger partial charge on any atom is 0.0245 e. The van der Waals surface area contributed by atoms with Crippen LogP contribution < -0.4 is 5.32 Å². The molecule has 2 rings (SSSR count). The molecule has 3 heteroatoms. The summed E-state index contributed by atoms with van der Waals surface area (Å²) >= 11 is 1.81. The lowest BCUT2D eigenvalue weighted by molar-refractivity contribution is 0.254. The summed E-state index contributed by atoms with van der Waals surface area (Å²) in [5.74, 6) is 0.836. The Kier molecular flexibility index (Phi) is 6.35. The fourth-order valence-electron chi connectivity index (χ4n) is 2.43. The van der Waals surface area contributed by atoms with Gasteiger partial charge in [-0.25, -0.2) is 0 Å². The van der Waals surface area contributed by atoms with E-state index in [1.807, 2.05) is 11.3 Å². The first-order valence-electron chi connectivity index (χ1n) is 7.71. The molecule has 1 aromatic rings. The zero-order valence-electron chi connectivity index (χ0n) is 12.4. The molecule has 0 bridgehead atoms. The highest BCUT2D eigenvalue weighted by Crippen LogP contribution is 2.28. The van der Waals surface area contributed by atoms with Crippen LogP contribution in [0.3, 0.4) is 0 Å². The Morgan fingerprint density at radius 1 is 1.37 bits per heavy atom. The molecule has 0 spiro atoms. The van der Waals surface area contributed by atoms with Gasteiger partial charge < -0.3 is 5.32 Å². The zero-order chi connectivity index (χ0) is 13.5. The summed E-state index contributed by atoms with van der Waals surface area (Å²) in [5.41, 5.74) is 1.48.